The molecule has 2 fully saturated rings. The second-order valence-corrected chi connectivity index (χ2v) is 6.43. The van der Waals surface area contributed by atoms with Gasteiger partial charge in [0.1, 0.15) is 24.1 Å². The van der Waals surface area contributed by atoms with E-state index in [2.05, 4.69) is 0 Å². The Morgan fingerprint density at radius 1 is 1.25 bits per heavy atom. The molecule has 4 atom stereocenters. The number of carbonyl (C=O) groups is 1. The van der Waals surface area contributed by atoms with Crippen LogP contribution in [0.2, 0.25) is 0 Å². The fourth-order valence-corrected chi connectivity index (χ4v) is 3.13. The Morgan fingerprint density at radius 2 is 2.00 bits per heavy atom. The first-order valence-electron chi connectivity index (χ1n) is 8.22. The monoisotopic (exact) mass is 336 g/mol. The Bertz CT molecular complexity index is 599. The maximum Gasteiger partial charge on any atom is 0.190 e. The summed E-state index contributed by atoms with van der Waals surface area (Å²) in [4.78, 5) is 12.2. The number of hydrogen-bond donors (Lipinski definition) is 0. The highest BCUT2D eigenvalue weighted by atomic mass is 16.8. The summed E-state index contributed by atoms with van der Waals surface area (Å²) in [6.45, 7) is 5.76. The van der Waals surface area contributed by atoms with Gasteiger partial charge in [0.15, 0.2) is 17.9 Å². The molecule has 3 rings (SSSR count). The highest BCUT2D eigenvalue weighted by Gasteiger charge is 2.56. The average Bonchev–Trinajstić information content (AvgIpc) is 3.04. The number of fused-ring (bicyclic) bond motifs is 1. The van der Waals surface area contributed by atoms with E-state index in [0.29, 0.717) is 13.0 Å². The van der Waals surface area contributed by atoms with Gasteiger partial charge in [0.05, 0.1) is 13.7 Å². The Morgan fingerprint density at radius 3 is 2.71 bits per heavy atom. The molecule has 0 radical (unpaired) electrons. The Kier molecular flexibility index (Phi) is 4.92. The number of hydrogen-bond acceptors (Lipinski definition) is 6. The summed E-state index contributed by atoms with van der Waals surface area (Å²) in [5.74, 6) is -0.0172. The molecule has 0 N–H and O–H groups in total. The molecule has 2 saturated heterocycles. The number of Topliss-reactive ketones (excluding diaryl/α,β-unsaturated/α-hetero) is 1. The zero-order valence-electron chi connectivity index (χ0n) is 14.5. The summed E-state index contributed by atoms with van der Waals surface area (Å²) in [7, 11) is 1.62. The van der Waals surface area contributed by atoms with E-state index >= 15 is 0 Å². The molecule has 0 aliphatic carbocycles. The van der Waals surface area contributed by atoms with Gasteiger partial charge < -0.3 is 23.7 Å². The number of carbonyl (C=O) groups excluding carboxylic acids is 1. The lowest BCUT2D eigenvalue weighted by Gasteiger charge is -2.25. The maximum atomic E-state index is 12.2. The van der Waals surface area contributed by atoms with E-state index in [0.717, 1.165) is 11.3 Å². The average molecular weight is 336 g/mol. The highest BCUT2D eigenvalue weighted by Crippen LogP contribution is 2.39. The Labute approximate surface area is 142 Å². The van der Waals surface area contributed by atoms with E-state index in [9.17, 15) is 4.79 Å². The smallest absolute Gasteiger partial charge is 0.190 e. The lowest BCUT2D eigenvalue weighted by atomic mass is 10.1. The minimum absolute atomic E-state index is 0.0144. The summed E-state index contributed by atoms with van der Waals surface area (Å²) >= 11 is 0. The predicted molar refractivity (Wildman–Crippen MR) is 85.6 cm³/mol. The molecule has 0 spiro atoms. The van der Waals surface area contributed by atoms with Gasteiger partial charge in [-0.05, 0) is 19.9 Å². The van der Waals surface area contributed by atoms with Crippen LogP contribution in [0.3, 0.4) is 0 Å². The first-order chi connectivity index (χ1) is 11.4. The van der Waals surface area contributed by atoms with Crippen LogP contribution in [0, 0.1) is 0 Å². The van der Waals surface area contributed by atoms with Gasteiger partial charge in [-0.2, -0.15) is 0 Å². The van der Waals surface area contributed by atoms with Crippen molar-refractivity contribution in [2.45, 2.75) is 64.2 Å². The van der Waals surface area contributed by atoms with Gasteiger partial charge in [-0.15, -0.1) is 0 Å². The maximum absolute atomic E-state index is 12.2. The number of para-hydroxylation sites is 1. The minimum Gasteiger partial charge on any atom is -0.496 e. The van der Waals surface area contributed by atoms with Crippen LogP contribution in [0.4, 0.5) is 0 Å². The minimum atomic E-state index is -0.748. The normalized spacial score (nSPS) is 31.0. The molecule has 6 nitrogen and oxygen atoms in total. The molecule has 132 valence electrons. The largest absolute Gasteiger partial charge is 0.496 e. The van der Waals surface area contributed by atoms with Crippen LogP contribution in [0.5, 0.6) is 5.75 Å². The molecule has 0 bridgehead atoms. The van der Waals surface area contributed by atoms with Gasteiger partial charge in [0.25, 0.3) is 0 Å². The summed E-state index contributed by atoms with van der Waals surface area (Å²) in [6, 6.07) is 7.62. The number of ether oxygens (including phenoxy) is 5. The summed E-state index contributed by atoms with van der Waals surface area (Å²) in [5.41, 5.74) is 0.907. The summed E-state index contributed by atoms with van der Waals surface area (Å²) in [6.07, 6.45) is -1.80. The van der Waals surface area contributed by atoms with Crippen molar-refractivity contribution in [3.8, 4) is 5.75 Å². The quantitative estimate of drug-likeness (QED) is 0.795. The van der Waals surface area contributed by atoms with Crippen molar-refractivity contribution < 1.29 is 28.5 Å². The molecule has 24 heavy (non-hydrogen) atoms. The second kappa shape index (κ2) is 6.80. The lowest BCUT2D eigenvalue weighted by molar-refractivity contribution is -0.218. The molecule has 1 aromatic rings. The molecule has 0 saturated carbocycles. The molecule has 6 heteroatoms. The highest BCUT2D eigenvalue weighted by molar-refractivity contribution is 5.83. The Balaban J connectivity index is 1.76. The molecule has 1 aromatic carbocycles. The first kappa shape index (κ1) is 17.4. The molecule has 2 aliphatic rings. The standard InChI is InChI=1S/C18H24O6/c1-5-12(19)14-15(16-17(22-14)24-18(2,3)23-16)21-10-11-8-6-7-9-13(11)20-4/h6-9,14-17H,5,10H2,1-4H3/t14-,15+,16-,17-/m1/s1. The van der Waals surface area contributed by atoms with Crippen LogP contribution < -0.4 is 4.74 Å². The molecular weight excluding hydrogens is 312 g/mol. The van der Waals surface area contributed by atoms with E-state index in [1.54, 1.807) is 7.11 Å². The third-order valence-corrected chi connectivity index (χ3v) is 4.28. The van der Waals surface area contributed by atoms with E-state index in [4.69, 9.17) is 23.7 Å². The van der Waals surface area contributed by atoms with Crippen LogP contribution >= 0.6 is 0 Å². The van der Waals surface area contributed by atoms with Gasteiger partial charge >= 0.3 is 0 Å². The predicted octanol–water partition coefficient (Wildman–Crippen LogP) is 2.44. The second-order valence-electron chi connectivity index (χ2n) is 6.43. The van der Waals surface area contributed by atoms with Crippen molar-refractivity contribution in [3.05, 3.63) is 29.8 Å². The SMILES string of the molecule is CCC(=O)[C@H]1O[C@@H]2OC(C)(C)O[C@@H]2[C@H]1OCc1ccccc1OC. The van der Waals surface area contributed by atoms with Crippen LogP contribution in [0.1, 0.15) is 32.8 Å². The van der Waals surface area contributed by atoms with E-state index in [1.807, 2.05) is 45.0 Å². The Hall–Kier alpha value is -1.47. The zero-order chi connectivity index (χ0) is 17.3. The fraction of sp³-hybridized carbons (Fsp3) is 0.611. The van der Waals surface area contributed by atoms with Crippen molar-refractivity contribution in [1.29, 1.82) is 0 Å². The summed E-state index contributed by atoms with van der Waals surface area (Å²) in [5, 5.41) is 0. The number of benzene rings is 1. The zero-order valence-corrected chi connectivity index (χ0v) is 14.5. The fourth-order valence-electron chi connectivity index (χ4n) is 3.13. The topological polar surface area (TPSA) is 63.2 Å². The van der Waals surface area contributed by atoms with Crippen LogP contribution in [-0.4, -0.2) is 43.3 Å². The van der Waals surface area contributed by atoms with Gasteiger partial charge in [-0.25, -0.2) is 0 Å². The van der Waals surface area contributed by atoms with Gasteiger partial charge in [0.2, 0.25) is 0 Å². The number of rotatable bonds is 6. The van der Waals surface area contributed by atoms with Crippen molar-refractivity contribution in [2.75, 3.05) is 7.11 Å². The number of ketones is 1. The molecular formula is C18H24O6. The third-order valence-electron chi connectivity index (χ3n) is 4.28. The molecule has 0 amide bonds. The van der Waals surface area contributed by atoms with Crippen LogP contribution in [-0.2, 0) is 30.3 Å². The molecule has 2 aliphatic heterocycles. The number of methoxy groups -OCH3 is 1. The summed E-state index contributed by atoms with van der Waals surface area (Å²) < 4.78 is 28.8. The molecule has 0 aromatic heterocycles. The van der Waals surface area contributed by atoms with Crippen LogP contribution in [0.15, 0.2) is 24.3 Å². The van der Waals surface area contributed by atoms with Crippen molar-refractivity contribution in [2.24, 2.45) is 0 Å². The van der Waals surface area contributed by atoms with E-state index in [1.165, 1.54) is 0 Å². The third kappa shape index (κ3) is 3.32. The van der Waals surface area contributed by atoms with E-state index < -0.39 is 30.4 Å². The van der Waals surface area contributed by atoms with Gasteiger partial charge in [0, 0.05) is 12.0 Å². The first-order valence-corrected chi connectivity index (χ1v) is 8.22. The van der Waals surface area contributed by atoms with Crippen molar-refractivity contribution in [1.82, 2.24) is 0 Å². The van der Waals surface area contributed by atoms with Gasteiger partial charge in [-0.1, -0.05) is 25.1 Å². The van der Waals surface area contributed by atoms with Crippen molar-refractivity contribution in [3.63, 3.8) is 0 Å². The van der Waals surface area contributed by atoms with Crippen molar-refractivity contribution >= 4 is 5.78 Å². The van der Waals surface area contributed by atoms with Crippen LogP contribution in [0.25, 0.3) is 0 Å². The van der Waals surface area contributed by atoms with E-state index in [-0.39, 0.29) is 5.78 Å². The molecule has 0 unspecified atom stereocenters. The van der Waals surface area contributed by atoms with Gasteiger partial charge in [-0.3, -0.25) is 4.79 Å². The lowest BCUT2D eigenvalue weighted by Crippen LogP contribution is -2.40. The molecule has 2 heterocycles.